The molecular weight excluding hydrogens is 294 g/mol. The second-order valence-corrected chi connectivity index (χ2v) is 7.16. The summed E-state index contributed by atoms with van der Waals surface area (Å²) in [6.45, 7) is 1.83. The van der Waals surface area contributed by atoms with E-state index in [2.05, 4.69) is 5.32 Å². The highest BCUT2D eigenvalue weighted by molar-refractivity contribution is 7.17. The topological polar surface area (TPSA) is 66.4 Å². The number of fused-ring (bicyclic) bond motifs is 1. The van der Waals surface area contributed by atoms with Crippen molar-refractivity contribution in [3.8, 4) is 0 Å². The lowest BCUT2D eigenvalue weighted by atomic mass is 10.2. The van der Waals surface area contributed by atoms with Crippen LogP contribution < -0.4 is 5.32 Å². The number of hydrogen-bond donors (Lipinski definition) is 2. The number of hydrogen-bond acceptors (Lipinski definition) is 4. The number of anilines is 1. The molecule has 6 heteroatoms. The molecule has 2 aromatic rings. The van der Waals surface area contributed by atoms with Gasteiger partial charge < -0.3 is 10.4 Å². The number of rotatable bonds is 3. The minimum atomic E-state index is -1.02. The Kier molecular flexibility index (Phi) is 3.35. The molecular formula is C14H13NO3S2. The van der Waals surface area contributed by atoms with E-state index >= 15 is 0 Å². The molecule has 1 amide bonds. The standard InChI is InChI=1S/C14H13NO3S2/c1-7-5-9(14(17)18)13(19-7)15-12(16)11-6-8-3-2-4-10(8)20-11/h5-6H,2-4H2,1H3,(H,15,16)(H,17,18). The van der Waals surface area contributed by atoms with Crippen molar-refractivity contribution in [2.24, 2.45) is 0 Å². The Morgan fingerprint density at radius 3 is 2.75 bits per heavy atom. The summed E-state index contributed by atoms with van der Waals surface area (Å²) in [6.07, 6.45) is 3.25. The molecule has 0 aromatic carbocycles. The van der Waals surface area contributed by atoms with Gasteiger partial charge in [0.15, 0.2) is 0 Å². The average molecular weight is 307 g/mol. The number of aryl methyl sites for hydroxylation is 3. The van der Waals surface area contributed by atoms with E-state index in [1.807, 2.05) is 13.0 Å². The number of carbonyl (C=O) groups excluding carboxylic acids is 1. The van der Waals surface area contributed by atoms with Crippen molar-refractivity contribution in [2.45, 2.75) is 26.2 Å². The fourth-order valence-corrected chi connectivity index (χ4v) is 4.42. The van der Waals surface area contributed by atoms with Gasteiger partial charge in [0, 0.05) is 9.75 Å². The molecule has 0 fully saturated rings. The molecule has 0 saturated heterocycles. The minimum absolute atomic E-state index is 0.157. The van der Waals surface area contributed by atoms with Crippen LogP contribution in [-0.4, -0.2) is 17.0 Å². The monoisotopic (exact) mass is 307 g/mol. The van der Waals surface area contributed by atoms with E-state index in [9.17, 15) is 9.59 Å². The van der Waals surface area contributed by atoms with Crippen LogP contribution in [0.25, 0.3) is 0 Å². The van der Waals surface area contributed by atoms with Crippen LogP contribution in [0.2, 0.25) is 0 Å². The smallest absolute Gasteiger partial charge is 0.338 e. The Labute approximate surface area is 124 Å². The van der Waals surface area contributed by atoms with Gasteiger partial charge in [-0.1, -0.05) is 0 Å². The van der Waals surface area contributed by atoms with E-state index in [0.717, 1.165) is 24.1 Å². The number of nitrogens with one attached hydrogen (secondary N) is 1. The molecule has 0 bridgehead atoms. The minimum Gasteiger partial charge on any atom is -0.478 e. The molecule has 1 aliphatic rings. The third kappa shape index (κ3) is 2.36. The van der Waals surface area contributed by atoms with Crippen LogP contribution >= 0.6 is 22.7 Å². The van der Waals surface area contributed by atoms with Crippen LogP contribution in [0.4, 0.5) is 5.00 Å². The maximum absolute atomic E-state index is 12.2. The van der Waals surface area contributed by atoms with Crippen LogP contribution in [-0.2, 0) is 12.8 Å². The number of thiophene rings is 2. The average Bonchev–Trinajstić information content (AvgIpc) is 3.01. The molecule has 2 heterocycles. The lowest BCUT2D eigenvalue weighted by Crippen LogP contribution is -2.11. The third-order valence-corrected chi connectivity index (χ3v) is 5.48. The van der Waals surface area contributed by atoms with Gasteiger partial charge in [-0.15, -0.1) is 22.7 Å². The summed E-state index contributed by atoms with van der Waals surface area (Å²) in [5.74, 6) is -1.23. The van der Waals surface area contributed by atoms with Gasteiger partial charge in [0.25, 0.3) is 5.91 Å². The maximum atomic E-state index is 12.2. The SMILES string of the molecule is Cc1cc(C(=O)O)c(NC(=O)c2cc3c(s2)CCC3)s1. The first kappa shape index (κ1) is 13.3. The summed E-state index contributed by atoms with van der Waals surface area (Å²) in [7, 11) is 0. The molecule has 0 aliphatic heterocycles. The Balaban J connectivity index is 1.83. The summed E-state index contributed by atoms with van der Waals surface area (Å²) in [5.41, 5.74) is 1.42. The van der Waals surface area contributed by atoms with Crippen molar-refractivity contribution in [1.29, 1.82) is 0 Å². The van der Waals surface area contributed by atoms with Gasteiger partial charge >= 0.3 is 5.97 Å². The summed E-state index contributed by atoms with van der Waals surface area (Å²) in [4.78, 5) is 26.2. The predicted molar refractivity (Wildman–Crippen MR) is 80.3 cm³/mol. The first-order valence-corrected chi connectivity index (χ1v) is 7.94. The largest absolute Gasteiger partial charge is 0.478 e. The fourth-order valence-electron chi connectivity index (χ4n) is 2.37. The zero-order valence-corrected chi connectivity index (χ0v) is 12.5. The van der Waals surface area contributed by atoms with Gasteiger partial charge in [0.05, 0.1) is 10.4 Å². The number of carboxylic acid groups (broad SMARTS) is 1. The molecule has 0 unspecified atom stereocenters. The number of carboxylic acids is 1. The zero-order chi connectivity index (χ0) is 14.3. The van der Waals surface area contributed by atoms with Gasteiger partial charge in [-0.05, 0) is 43.9 Å². The molecule has 0 saturated carbocycles. The predicted octanol–water partition coefficient (Wildman–Crippen LogP) is 3.56. The van der Waals surface area contributed by atoms with Crippen molar-refractivity contribution in [1.82, 2.24) is 0 Å². The summed E-state index contributed by atoms with van der Waals surface area (Å²) >= 11 is 2.80. The van der Waals surface area contributed by atoms with Crippen LogP contribution in [0.5, 0.6) is 0 Å². The van der Waals surface area contributed by atoms with Crippen LogP contribution in [0.3, 0.4) is 0 Å². The highest BCUT2D eigenvalue weighted by atomic mass is 32.1. The van der Waals surface area contributed by atoms with Crippen molar-refractivity contribution in [3.05, 3.63) is 37.9 Å². The van der Waals surface area contributed by atoms with Gasteiger partial charge in [-0.2, -0.15) is 0 Å². The summed E-state index contributed by atoms with van der Waals surface area (Å²) in [6, 6.07) is 3.51. The number of amides is 1. The second-order valence-electron chi connectivity index (χ2n) is 4.77. The van der Waals surface area contributed by atoms with Crippen molar-refractivity contribution in [2.75, 3.05) is 5.32 Å². The molecule has 20 heavy (non-hydrogen) atoms. The van der Waals surface area contributed by atoms with E-state index in [1.165, 1.54) is 33.1 Å². The Hall–Kier alpha value is -1.66. The van der Waals surface area contributed by atoms with Gasteiger partial charge in [0.1, 0.15) is 5.00 Å². The highest BCUT2D eigenvalue weighted by Gasteiger charge is 2.21. The Morgan fingerprint density at radius 2 is 2.05 bits per heavy atom. The normalized spacial score (nSPS) is 13.2. The zero-order valence-electron chi connectivity index (χ0n) is 10.9. The van der Waals surface area contributed by atoms with Gasteiger partial charge in [-0.25, -0.2) is 4.79 Å². The molecule has 2 N–H and O–H groups in total. The summed E-state index contributed by atoms with van der Waals surface area (Å²) < 4.78 is 0. The van der Waals surface area contributed by atoms with E-state index in [0.29, 0.717) is 9.88 Å². The van der Waals surface area contributed by atoms with Gasteiger partial charge in [-0.3, -0.25) is 4.79 Å². The van der Waals surface area contributed by atoms with Gasteiger partial charge in [0.2, 0.25) is 0 Å². The Bertz CT molecular complexity index is 678. The quantitative estimate of drug-likeness (QED) is 0.911. The maximum Gasteiger partial charge on any atom is 0.338 e. The number of carbonyl (C=O) groups is 2. The molecule has 2 aromatic heterocycles. The van der Waals surface area contributed by atoms with Crippen molar-refractivity contribution < 1.29 is 14.7 Å². The first-order valence-electron chi connectivity index (χ1n) is 6.31. The van der Waals surface area contributed by atoms with Crippen molar-refractivity contribution in [3.63, 3.8) is 0 Å². The van der Waals surface area contributed by atoms with E-state index < -0.39 is 5.97 Å². The van der Waals surface area contributed by atoms with Crippen LogP contribution in [0.1, 0.15) is 41.8 Å². The molecule has 4 nitrogen and oxygen atoms in total. The fraction of sp³-hybridized carbons (Fsp3) is 0.286. The lowest BCUT2D eigenvalue weighted by molar-refractivity contribution is 0.0698. The molecule has 104 valence electrons. The molecule has 0 radical (unpaired) electrons. The summed E-state index contributed by atoms with van der Waals surface area (Å²) in [5, 5.41) is 12.3. The molecule has 3 rings (SSSR count). The van der Waals surface area contributed by atoms with E-state index in [1.54, 1.807) is 6.07 Å². The third-order valence-electron chi connectivity index (χ3n) is 3.28. The van der Waals surface area contributed by atoms with Crippen LogP contribution in [0.15, 0.2) is 12.1 Å². The lowest BCUT2D eigenvalue weighted by Gasteiger charge is -2.02. The van der Waals surface area contributed by atoms with Crippen LogP contribution in [0, 0.1) is 6.92 Å². The molecule has 0 spiro atoms. The molecule has 1 aliphatic carbocycles. The Morgan fingerprint density at radius 1 is 1.25 bits per heavy atom. The van der Waals surface area contributed by atoms with E-state index in [-0.39, 0.29) is 11.5 Å². The second kappa shape index (κ2) is 5.03. The van der Waals surface area contributed by atoms with Crippen molar-refractivity contribution >= 4 is 39.6 Å². The molecule has 0 atom stereocenters. The first-order chi connectivity index (χ1) is 9.54. The number of aromatic carboxylic acids is 1. The van der Waals surface area contributed by atoms with E-state index in [4.69, 9.17) is 5.11 Å². The highest BCUT2D eigenvalue weighted by Crippen LogP contribution is 2.32.